The molecule has 0 saturated heterocycles. The van der Waals surface area contributed by atoms with Gasteiger partial charge in [-0.15, -0.1) is 0 Å². The molecule has 0 spiro atoms. The van der Waals surface area contributed by atoms with Gasteiger partial charge in [0.05, 0.1) is 12.7 Å². The molecule has 0 aromatic rings. The first kappa shape index (κ1) is 14.8. The third-order valence-corrected chi connectivity index (χ3v) is 2.28. The molecule has 0 aromatic carbocycles. The maximum Gasteiger partial charge on any atom is 0.0785 e. The molecular formula is C11H25NO3. The van der Waals surface area contributed by atoms with E-state index in [4.69, 9.17) is 9.84 Å². The van der Waals surface area contributed by atoms with Crippen LogP contribution in [-0.2, 0) is 4.74 Å². The number of hydrogen-bond donors (Lipinski definition) is 3. The van der Waals surface area contributed by atoms with Gasteiger partial charge in [-0.05, 0) is 32.4 Å². The molecule has 0 aromatic heterocycles. The van der Waals surface area contributed by atoms with E-state index in [0.717, 1.165) is 45.2 Å². The average Bonchev–Trinajstić information content (AvgIpc) is 2.22. The van der Waals surface area contributed by atoms with E-state index in [2.05, 4.69) is 5.32 Å². The predicted molar refractivity (Wildman–Crippen MR) is 60.9 cm³/mol. The van der Waals surface area contributed by atoms with Crippen molar-refractivity contribution in [1.29, 1.82) is 0 Å². The highest BCUT2D eigenvalue weighted by Crippen LogP contribution is 1.97. The zero-order valence-electron chi connectivity index (χ0n) is 9.74. The van der Waals surface area contributed by atoms with Gasteiger partial charge in [0.15, 0.2) is 0 Å². The van der Waals surface area contributed by atoms with Crippen LogP contribution in [0.1, 0.15) is 32.1 Å². The van der Waals surface area contributed by atoms with Gasteiger partial charge in [0, 0.05) is 13.7 Å². The number of nitrogens with one attached hydrogen (secondary N) is 1. The van der Waals surface area contributed by atoms with Crippen molar-refractivity contribution in [1.82, 2.24) is 5.32 Å². The van der Waals surface area contributed by atoms with E-state index in [1.165, 1.54) is 0 Å². The number of aliphatic hydroxyl groups excluding tert-OH is 2. The maximum atomic E-state index is 9.33. The summed E-state index contributed by atoms with van der Waals surface area (Å²) in [5, 5.41) is 21.2. The van der Waals surface area contributed by atoms with Gasteiger partial charge < -0.3 is 20.3 Å². The summed E-state index contributed by atoms with van der Waals surface area (Å²) in [6.45, 7) is 2.55. The maximum absolute atomic E-state index is 9.33. The average molecular weight is 219 g/mol. The lowest BCUT2D eigenvalue weighted by Crippen LogP contribution is -2.23. The summed E-state index contributed by atoms with van der Waals surface area (Å²) in [6, 6.07) is 0. The lowest BCUT2D eigenvalue weighted by atomic mass is 10.2. The Morgan fingerprint density at radius 1 is 1.13 bits per heavy atom. The minimum Gasteiger partial charge on any atom is -0.396 e. The molecule has 3 N–H and O–H groups in total. The first-order chi connectivity index (χ1) is 7.31. The second kappa shape index (κ2) is 11.9. The topological polar surface area (TPSA) is 61.7 Å². The molecule has 4 heteroatoms. The lowest BCUT2D eigenvalue weighted by Gasteiger charge is -2.09. The second-order valence-corrected chi connectivity index (χ2v) is 3.79. The summed E-state index contributed by atoms with van der Waals surface area (Å²) < 4.78 is 4.82. The van der Waals surface area contributed by atoms with Crippen molar-refractivity contribution in [2.45, 2.75) is 38.2 Å². The van der Waals surface area contributed by atoms with Crippen molar-refractivity contribution in [2.24, 2.45) is 0 Å². The number of hydrogen-bond acceptors (Lipinski definition) is 4. The van der Waals surface area contributed by atoms with Crippen LogP contribution in [-0.4, -0.2) is 49.7 Å². The molecular weight excluding hydrogens is 194 g/mol. The van der Waals surface area contributed by atoms with Gasteiger partial charge in [-0.25, -0.2) is 0 Å². The van der Waals surface area contributed by atoms with Gasteiger partial charge in [-0.1, -0.05) is 12.8 Å². The molecule has 0 aliphatic rings. The predicted octanol–water partition coefficient (Wildman–Crippen LogP) is 0.526. The molecule has 0 heterocycles. The van der Waals surface area contributed by atoms with Gasteiger partial charge in [-0.2, -0.15) is 0 Å². The molecule has 92 valence electrons. The fourth-order valence-corrected chi connectivity index (χ4v) is 1.38. The van der Waals surface area contributed by atoms with E-state index in [0.29, 0.717) is 13.2 Å². The van der Waals surface area contributed by atoms with Gasteiger partial charge in [0.2, 0.25) is 0 Å². The summed E-state index contributed by atoms with van der Waals surface area (Å²) in [6.07, 6.45) is 4.70. The molecule has 0 aliphatic heterocycles. The van der Waals surface area contributed by atoms with Crippen molar-refractivity contribution in [3.8, 4) is 0 Å². The van der Waals surface area contributed by atoms with Crippen LogP contribution in [0.5, 0.6) is 0 Å². The van der Waals surface area contributed by atoms with Crippen LogP contribution in [0.15, 0.2) is 0 Å². The van der Waals surface area contributed by atoms with Gasteiger partial charge in [-0.3, -0.25) is 0 Å². The molecule has 0 rings (SSSR count). The number of rotatable bonds is 11. The second-order valence-electron chi connectivity index (χ2n) is 3.79. The molecule has 1 atom stereocenters. The summed E-state index contributed by atoms with van der Waals surface area (Å²) in [5.41, 5.74) is 0. The van der Waals surface area contributed by atoms with Crippen molar-refractivity contribution in [3.05, 3.63) is 0 Å². The summed E-state index contributed by atoms with van der Waals surface area (Å²) in [4.78, 5) is 0. The molecule has 0 aliphatic carbocycles. The highest BCUT2D eigenvalue weighted by atomic mass is 16.5. The molecule has 0 saturated carbocycles. The third-order valence-electron chi connectivity index (χ3n) is 2.28. The fourth-order valence-electron chi connectivity index (χ4n) is 1.38. The molecule has 0 bridgehead atoms. The SMILES string of the molecule is COCC(O)CCNCCCCCCO. The first-order valence-electron chi connectivity index (χ1n) is 5.79. The van der Waals surface area contributed by atoms with Crippen LogP contribution < -0.4 is 5.32 Å². The van der Waals surface area contributed by atoms with E-state index in [-0.39, 0.29) is 6.10 Å². The molecule has 1 unspecified atom stereocenters. The van der Waals surface area contributed by atoms with Crippen molar-refractivity contribution in [2.75, 3.05) is 33.4 Å². The van der Waals surface area contributed by atoms with E-state index in [1.54, 1.807) is 7.11 Å². The van der Waals surface area contributed by atoms with E-state index in [1.807, 2.05) is 0 Å². The molecule has 0 fully saturated rings. The monoisotopic (exact) mass is 219 g/mol. The van der Waals surface area contributed by atoms with Crippen molar-refractivity contribution in [3.63, 3.8) is 0 Å². The van der Waals surface area contributed by atoms with Crippen LogP contribution in [0.25, 0.3) is 0 Å². The Bertz CT molecular complexity index is 122. The van der Waals surface area contributed by atoms with Gasteiger partial charge >= 0.3 is 0 Å². The van der Waals surface area contributed by atoms with E-state index < -0.39 is 0 Å². The fraction of sp³-hybridized carbons (Fsp3) is 1.00. The first-order valence-corrected chi connectivity index (χ1v) is 5.79. The number of methoxy groups -OCH3 is 1. The number of aliphatic hydroxyl groups is 2. The van der Waals surface area contributed by atoms with Crippen molar-refractivity contribution >= 4 is 0 Å². The van der Waals surface area contributed by atoms with Gasteiger partial charge in [0.25, 0.3) is 0 Å². The summed E-state index contributed by atoms with van der Waals surface area (Å²) >= 11 is 0. The Hall–Kier alpha value is -0.160. The highest BCUT2D eigenvalue weighted by Gasteiger charge is 2.01. The Morgan fingerprint density at radius 2 is 1.87 bits per heavy atom. The smallest absolute Gasteiger partial charge is 0.0785 e. The largest absolute Gasteiger partial charge is 0.396 e. The van der Waals surface area contributed by atoms with E-state index >= 15 is 0 Å². The van der Waals surface area contributed by atoms with E-state index in [9.17, 15) is 5.11 Å². The van der Waals surface area contributed by atoms with Crippen LogP contribution in [0.4, 0.5) is 0 Å². The quantitative estimate of drug-likeness (QED) is 0.444. The number of unbranched alkanes of at least 4 members (excludes halogenated alkanes) is 3. The Kier molecular flexibility index (Phi) is 11.8. The summed E-state index contributed by atoms with van der Waals surface area (Å²) in [5.74, 6) is 0. The van der Waals surface area contributed by atoms with Crippen LogP contribution >= 0.6 is 0 Å². The Labute approximate surface area is 92.6 Å². The molecule has 0 radical (unpaired) electrons. The lowest BCUT2D eigenvalue weighted by molar-refractivity contribution is 0.0595. The van der Waals surface area contributed by atoms with Gasteiger partial charge in [0.1, 0.15) is 0 Å². The standard InChI is InChI=1S/C11H25NO3/c1-15-10-11(14)6-8-12-7-4-2-3-5-9-13/h11-14H,2-10H2,1H3. The van der Waals surface area contributed by atoms with Crippen LogP contribution in [0, 0.1) is 0 Å². The van der Waals surface area contributed by atoms with Crippen LogP contribution in [0.2, 0.25) is 0 Å². The zero-order valence-corrected chi connectivity index (χ0v) is 9.74. The molecule has 0 amide bonds. The minimum atomic E-state index is -0.350. The van der Waals surface area contributed by atoms with Crippen molar-refractivity contribution < 1.29 is 14.9 Å². The molecule has 4 nitrogen and oxygen atoms in total. The normalized spacial score (nSPS) is 13.0. The summed E-state index contributed by atoms with van der Waals surface area (Å²) in [7, 11) is 1.60. The molecule has 15 heavy (non-hydrogen) atoms. The Balaban J connectivity index is 2.98. The third kappa shape index (κ3) is 11.8. The minimum absolute atomic E-state index is 0.302. The zero-order chi connectivity index (χ0) is 11.4. The highest BCUT2D eigenvalue weighted by molar-refractivity contribution is 4.56. The number of ether oxygens (including phenoxy) is 1. The van der Waals surface area contributed by atoms with Crippen LogP contribution in [0.3, 0.4) is 0 Å². The Morgan fingerprint density at radius 3 is 2.53 bits per heavy atom.